The number of nitrogens with one attached hydrogen (secondary N) is 1. The summed E-state index contributed by atoms with van der Waals surface area (Å²) in [4.78, 5) is 27.7. The van der Waals surface area contributed by atoms with Crippen molar-refractivity contribution in [1.29, 1.82) is 0 Å². The summed E-state index contributed by atoms with van der Waals surface area (Å²) >= 11 is 12.4. The van der Waals surface area contributed by atoms with E-state index in [1.54, 1.807) is 18.2 Å². The van der Waals surface area contributed by atoms with Crippen LogP contribution in [0.5, 0.6) is 0 Å². The second-order valence-corrected chi connectivity index (χ2v) is 7.97. The molecule has 30 heavy (non-hydrogen) atoms. The van der Waals surface area contributed by atoms with Crippen LogP contribution in [0.4, 0.5) is 5.69 Å². The molecule has 158 valence electrons. The van der Waals surface area contributed by atoms with Gasteiger partial charge >= 0.3 is 0 Å². The van der Waals surface area contributed by atoms with Crippen LogP contribution < -0.4 is 5.32 Å². The van der Waals surface area contributed by atoms with Gasteiger partial charge in [-0.1, -0.05) is 47.0 Å². The molecule has 7 heteroatoms. The first-order chi connectivity index (χ1) is 14.3. The number of hydrogen-bond acceptors (Lipinski definition) is 4. The maximum atomic E-state index is 13.2. The molecule has 1 aliphatic rings. The van der Waals surface area contributed by atoms with Crippen LogP contribution in [0.25, 0.3) is 5.57 Å². The average molecular weight is 447 g/mol. The van der Waals surface area contributed by atoms with Gasteiger partial charge in [0.1, 0.15) is 5.70 Å². The van der Waals surface area contributed by atoms with E-state index in [-0.39, 0.29) is 29.6 Å². The number of aryl methyl sites for hydroxylation is 2. The van der Waals surface area contributed by atoms with Gasteiger partial charge < -0.3 is 10.1 Å². The third-order valence-corrected chi connectivity index (χ3v) is 5.43. The van der Waals surface area contributed by atoms with Crippen LogP contribution in [0.1, 0.15) is 30.0 Å². The lowest BCUT2D eigenvalue weighted by atomic mass is 10.0. The highest BCUT2D eigenvalue weighted by molar-refractivity contribution is 6.41. The third kappa shape index (κ3) is 4.69. The number of ether oxygens (including phenoxy) is 1. The van der Waals surface area contributed by atoms with Crippen molar-refractivity contribution in [1.82, 2.24) is 4.90 Å². The third-order valence-electron chi connectivity index (χ3n) is 4.88. The van der Waals surface area contributed by atoms with Gasteiger partial charge in [-0.15, -0.1) is 0 Å². The first-order valence-corrected chi connectivity index (χ1v) is 10.6. The summed E-state index contributed by atoms with van der Waals surface area (Å²) in [5.41, 5.74) is 3.78. The number of carbonyl (C=O) groups is 2. The molecule has 0 spiro atoms. The lowest BCUT2D eigenvalue weighted by Gasteiger charge is -2.15. The van der Waals surface area contributed by atoms with E-state index in [0.717, 1.165) is 16.8 Å². The summed E-state index contributed by atoms with van der Waals surface area (Å²) in [5.74, 6) is -0.759. The molecular weight excluding hydrogens is 423 g/mol. The monoisotopic (exact) mass is 446 g/mol. The fourth-order valence-electron chi connectivity index (χ4n) is 3.39. The minimum absolute atomic E-state index is 0.215. The molecule has 0 atom stereocenters. The van der Waals surface area contributed by atoms with Crippen molar-refractivity contribution < 1.29 is 14.3 Å². The van der Waals surface area contributed by atoms with E-state index in [9.17, 15) is 9.59 Å². The van der Waals surface area contributed by atoms with E-state index in [0.29, 0.717) is 35.2 Å². The average Bonchev–Trinajstić information content (AvgIpc) is 2.91. The molecule has 2 aromatic rings. The van der Waals surface area contributed by atoms with Crippen LogP contribution in [0, 0.1) is 13.8 Å². The zero-order valence-corrected chi connectivity index (χ0v) is 18.7. The van der Waals surface area contributed by atoms with Gasteiger partial charge in [0.2, 0.25) is 0 Å². The van der Waals surface area contributed by atoms with Gasteiger partial charge in [0, 0.05) is 36.0 Å². The number of hydrogen-bond donors (Lipinski definition) is 1. The summed E-state index contributed by atoms with van der Waals surface area (Å²) in [6.45, 7) is 7.19. The predicted molar refractivity (Wildman–Crippen MR) is 121 cm³/mol. The van der Waals surface area contributed by atoms with Gasteiger partial charge in [-0.05, 0) is 51.0 Å². The molecule has 0 fully saturated rings. The lowest BCUT2D eigenvalue weighted by Crippen LogP contribution is -2.34. The Labute approximate surface area is 186 Å². The van der Waals surface area contributed by atoms with Crippen LogP contribution in [0.15, 0.2) is 42.1 Å². The largest absolute Gasteiger partial charge is 0.382 e. The normalized spacial score (nSPS) is 14.1. The Hall–Kier alpha value is -2.34. The van der Waals surface area contributed by atoms with Crippen LogP contribution in [0.3, 0.4) is 0 Å². The van der Waals surface area contributed by atoms with Crippen LogP contribution >= 0.6 is 23.2 Å². The Morgan fingerprint density at radius 3 is 2.47 bits per heavy atom. The molecule has 0 bridgehead atoms. The van der Waals surface area contributed by atoms with E-state index in [2.05, 4.69) is 5.32 Å². The molecule has 0 radical (unpaired) electrons. The summed E-state index contributed by atoms with van der Waals surface area (Å²) < 4.78 is 5.34. The second-order valence-electron chi connectivity index (χ2n) is 7.13. The second kappa shape index (κ2) is 9.65. The molecule has 2 amide bonds. The van der Waals surface area contributed by atoms with Crippen molar-refractivity contribution >= 4 is 46.3 Å². The predicted octanol–water partition coefficient (Wildman–Crippen LogP) is 5.23. The Kier molecular flexibility index (Phi) is 7.19. The topological polar surface area (TPSA) is 58.6 Å². The van der Waals surface area contributed by atoms with E-state index in [4.69, 9.17) is 27.9 Å². The molecule has 1 heterocycles. The molecule has 0 aliphatic carbocycles. The quantitative estimate of drug-likeness (QED) is 0.445. The zero-order chi connectivity index (χ0) is 21.8. The van der Waals surface area contributed by atoms with Crippen molar-refractivity contribution in [3.63, 3.8) is 0 Å². The molecule has 1 N–H and O–H groups in total. The van der Waals surface area contributed by atoms with E-state index in [1.165, 1.54) is 4.90 Å². The van der Waals surface area contributed by atoms with Gasteiger partial charge in [0.05, 0.1) is 10.6 Å². The summed E-state index contributed by atoms with van der Waals surface area (Å²) in [5, 5.41) is 3.95. The van der Waals surface area contributed by atoms with Crippen molar-refractivity contribution in [3.05, 3.63) is 68.8 Å². The van der Waals surface area contributed by atoms with Crippen LogP contribution in [-0.4, -0.2) is 36.5 Å². The van der Waals surface area contributed by atoms with E-state index in [1.807, 2.05) is 39.0 Å². The minimum Gasteiger partial charge on any atom is -0.382 e. The standard InChI is InChI=1S/C23H24Cl2N2O3/c1-4-30-11-5-10-27-22(28)20(17-8-7-16(24)13-18(17)25)21(23(27)29)26-19-9-6-14(2)12-15(19)3/h6-9,12-13,26H,4-5,10-11H2,1-3H3. The van der Waals surface area contributed by atoms with Crippen LogP contribution in [-0.2, 0) is 14.3 Å². The summed E-state index contributed by atoms with van der Waals surface area (Å²) in [6, 6.07) is 10.7. The molecule has 0 unspecified atom stereocenters. The van der Waals surface area contributed by atoms with Crippen molar-refractivity contribution in [2.45, 2.75) is 27.2 Å². The molecule has 0 saturated heterocycles. The zero-order valence-electron chi connectivity index (χ0n) is 17.2. The minimum atomic E-state index is -0.381. The highest BCUT2D eigenvalue weighted by Gasteiger charge is 2.39. The number of nitrogens with zero attached hydrogens (tertiary/aromatic N) is 1. The van der Waals surface area contributed by atoms with Crippen molar-refractivity contribution in [2.24, 2.45) is 0 Å². The maximum absolute atomic E-state index is 13.2. The van der Waals surface area contributed by atoms with Gasteiger partial charge in [-0.2, -0.15) is 0 Å². The fraction of sp³-hybridized carbons (Fsp3) is 0.304. The first-order valence-electron chi connectivity index (χ1n) is 9.81. The number of benzene rings is 2. The highest BCUT2D eigenvalue weighted by Crippen LogP contribution is 2.35. The maximum Gasteiger partial charge on any atom is 0.278 e. The number of halogens is 2. The Morgan fingerprint density at radius 2 is 1.80 bits per heavy atom. The van der Waals surface area contributed by atoms with Gasteiger partial charge in [-0.25, -0.2) is 0 Å². The molecule has 5 nitrogen and oxygen atoms in total. The number of imide groups is 1. The fourth-order valence-corrected chi connectivity index (χ4v) is 3.90. The smallest absolute Gasteiger partial charge is 0.278 e. The SMILES string of the molecule is CCOCCCN1C(=O)C(Nc2ccc(C)cc2C)=C(c2ccc(Cl)cc2Cl)C1=O. The number of anilines is 1. The lowest BCUT2D eigenvalue weighted by molar-refractivity contribution is -0.137. The number of carbonyl (C=O) groups excluding carboxylic acids is 2. The van der Waals surface area contributed by atoms with Crippen molar-refractivity contribution in [2.75, 3.05) is 25.1 Å². The molecular formula is C23H24Cl2N2O3. The Morgan fingerprint density at radius 1 is 1.03 bits per heavy atom. The number of rotatable bonds is 8. The van der Waals surface area contributed by atoms with E-state index < -0.39 is 0 Å². The van der Waals surface area contributed by atoms with Crippen LogP contribution in [0.2, 0.25) is 10.0 Å². The Bertz CT molecular complexity index is 1020. The molecule has 3 rings (SSSR count). The number of amides is 2. The molecule has 1 aliphatic heterocycles. The van der Waals surface area contributed by atoms with Gasteiger partial charge in [-0.3, -0.25) is 14.5 Å². The summed E-state index contributed by atoms with van der Waals surface area (Å²) in [6.07, 6.45) is 0.559. The first kappa shape index (κ1) is 22.3. The van der Waals surface area contributed by atoms with Crippen molar-refractivity contribution in [3.8, 4) is 0 Å². The summed E-state index contributed by atoms with van der Waals surface area (Å²) in [7, 11) is 0. The van der Waals surface area contributed by atoms with Gasteiger partial charge in [0.15, 0.2) is 0 Å². The van der Waals surface area contributed by atoms with E-state index >= 15 is 0 Å². The molecule has 2 aromatic carbocycles. The van der Waals surface area contributed by atoms with Gasteiger partial charge in [0.25, 0.3) is 11.8 Å². The molecule has 0 saturated carbocycles. The molecule has 0 aromatic heterocycles. The Balaban J connectivity index is 2.01. The highest BCUT2D eigenvalue weighted by atomic mass is 35.5.